The van der Waals surface area contributed by atoms with Crippen molar-refractivity contribution in [2.75, 3.05) is 11.9 Å². The first-order chi connectivity index (χ1) is 15.5. The number of para-hydroxylation sites is 1. The highest BCUT2D eigenvalue weighted by atomic mass is 19.4. The van der Waals surface area contributed by atoms with Crippen LogP contribution >= 0.6 is 0 Å². The molecule has 10 heteroatoms. The van der Waals surface area contributed by atoms with Gasteiger partial charge < -0.3 is 10.1 Å². The second-order valence-electron chi connectivity index (χ2n) is 8.93. The van der Waals surface area contributed by atoms with Crippen LogP contribution in [0.3, 0.4) is 0 Å². The maximum Gasteiger partial charge on any atom is 0.418 e. The quantitative estimate of drug-likeness (QED) is 0.397. The van der Waals surface area contributed by atoms with Gasteiger partial charge in [0.1, 0.15) is 6.04 Å². The van der Waals surface area contributed by atoms with E-state index < -0.39 is 71.5 Å². The van der Waals surface area contributed by atoms with Gasteiger partial charge in [0, 0.05) is 0 Å². The van der Waals surface area contributed by atoms with E-state index in [-0.39, 0.29) is 11.8 Å². The molecule has 0 radical (unpaired) electrons. The number of alkyl halides is 3. The average molecular weight is 464 g/mol. The molecule has 0 unspecified atom stereocenters. The van der Waals surface area contributed by atoms with Gasteiger partial charge in [-0.25, -0.2) is 4.79 Å². The molecule has 33 heavy (non-hydrogen) atoms. The smallest absolute Gasteiger partial charge is 0.418 e. The summed E-state index contributed by atoms with van der Waals surface area (Å²) in [5, 5.41) is 2.09. The van der Waals surface area contributed by atoms with Crippen LogP contribution in [0.15, 0.2) is 36.4 Å². The highest BCUT2D eigenvalue weighted by Gasteiger charge is 2.61. The number of carbonyl (C=O) groups is 4. The Hall–Kier alpha value is -3.17. The molecule has 2 fully saturated rings. The number of anilines is 1. The minimum atomic E-state index is -4.67. The molecule has 1 aromatic carbocycles. The second-order valence-corrected chi connectivity index (χ2v) is 8.93. The van der Waals surface area contributed by atoms with Gasteiger partial charge >= 0.3 is 12.1 Å². The largest absolute Gasteiger partial charge is 0.454 e. The number of carbonyl (C=O) groups excluding carboxylic acids is 4. The van der Waals surface area contributed by atoms with E-state index in [0.717, 1.165) is 23.5 Å². The standard InChI is InChI=1S/C23H23F3N2O5/c1-11(2)19(28-20(30)17-12-7-8-13(9-12)18(17)21(28)31)22(32)33-10-16(29)27-15-6-4-3-5-14(15)23(24,25)26/h3-8,11-13,17-19H,9-10H2,1-2H3,(H,27,29)/t12-,13-,17-,18-,19+/m0/s1. The number of esters is 1. The Morgan fingerprint density at radius 2 is 1.67 bits per heavy atom. The molecule has 1 saturated carbocycles. The van der Waals surface area contributed by atoms with Crippen LogP contribution in [0, 0.1) is 29.6 Å². The topological polar surface area (TPSA) is 92.8 Å². The first kappa shape index (κ1) is 23.0. The number of nitrogens with zero attached hydrogens (tertiary/aromatic N) is 1. The Labute approximate surface area is 187 Å². The molecule has 3 aliphatic rings. The number of amides is 3. The summed E-state index contributed by atoms with van der Waals surface area (Å²) in [5.74, 6) is -4.25. The molecule has 1 aliphatic heterocycles. The van der Waals surface area contributed by atoms with Crippen LogP contribution in [-0.2, 0) is 30.1 Å². The minimum Gasteiger partial charge on any atom is -0.454 e. The summed E-state index contributed by atoms with van der Waals surface area (Å²) >= 11 is 0. The zero-order chi connectivity index (χ0) is 24.1. The average Bonchev–Trinajstić information content (AvgIpc) is 3.42. The van der Waals surface area contributed by atoms with Gasteiger partial charge in [-0.05, 0) is 36.3 Å². The van der Waals surface area contributed by atoms with E-state index in [9.17, 15) is 32.3 Å². The number of fused-ring (bicyclic) bond motifs is 5. The zero-order valence-electron chi connectivity index (χ0n) is 18.0. The number of rotatable bonds is 6. The second kappa shape index (κ2) is 8.31. The van der Waals surface area contributed by atoms with Crippen LogP contribution in [0.4, 0.5) is 18.9 Å². The molecule has 1 aromatic rings. The van der Waals surface area contributed by atoms with Crippen molar-refractivity contribution in [2.45, 2.75) is 32.5 Å². The van der Waals surface area contributed by atoms with Gasteiger partial charge in [-0.1, -0.05) is 38.1 Å². The first-order valence-corrected chi connectivity index (χ1v) is 10.7. The highest BCUT2D eigenvalue weighted by Crippen LogP contribution is 2.53. The normalized spacial score (nSPS) is 26.7. The fraction of sp³-hybridized carbons (Fsp3) is 0.478. The Bertz CT molecular complexity index is 1010. The molecule has 1 N–H and O–H groups in total. The number of hydrogen-bond acceptors (Lipinski definition) is 5. The van der Waals surface area contributed by atoms with E-state index in [1.165, 1.54) is 12.1 Å². The molecule has 1 saturated heterocycles. The summed E-state index contributed by atoms with van der Waals surface area (Å²) in [6.07, 6.45) is -0.0538. The Morgan fingerprint density at radius 3 is 2.21 bits per heavy atom. The molecule has 2 aliphatic carbocycles. The molecule has 2 bridgehead atoms. The summed E-state index contributed by atoms with van der Waals surface area (Å²) in [7, 11) is 0. The van der Waals surface area contributed by atoms with Crippen LogP contribution in [0.5, 0.6) is 0 Å². The summed E-state index contributed by atoms with van der Waals surface area (Å²) in [4.78, 5) is 52.0. The van der Waals surface area contributed by atoms with Gasteiger partial charge in [-0.15, -0.1) is 0 Å². The number of benzene rings is 1. The molecule has 7 nitrogen and oxygen atoms in total. The number of halogens is 3. The lowest BCUT2D eigenvalue weighted by Gasteiger charge is -2.28. The fourth-order valence-corrected chi connectivity index (χ4v) is 5.12. The number of imide groups is 1. The van der Waals surface area contributed by atoms with Crippen LogP contribution < -0.4 is 5.32 Å². The maximum absolute atomic E-state index is 13.1. The summed E-state index contributed by atoms with van der Waals surface area (Å²) in [6.45, 7) is 2.43. The van der Waals surface area contributed by atoms with Gasteiger partial charge in [0.05, 0.1) is 23.1 Å². The van der Waals surface area contributed by atoms with Crippen molar-refractivity contribution >= 4 is 29.4 Å². The lowest BCUT2D eigenvalue weighted by Crippen LogP contribution is -2.50. The predicted molar refractivity (Wildman–Crippen MR) is 109 cm³/mol. The summed E-state index contributed by atoms with van der Waals surface area (Å²) in [6, 6.07) is 3.20. The van der Waals surface area contributed by atoms with Gasteiger partial charge in [0.2, 0.25) is 11.8 Å². The number of nitrogens with one attached hydrogen (secondary N) is 1. The SMILES string of the molecule is CC(C)[C@H](C(=O)OCC(=O)Nc1ccccc1C(F)(F)F)N1C(=O)[C@@H]2[C@@H](C1=O)[C@H]1C=C[C@H]2C1. The number of likely N-dealkylation sites (tertiary alicyclic amines) is 1. The Kier molecular flexibility index (Phi) is 5.79. The van der Waals surface area contributed by atoms with Crippen LogP contribution in [-0.4, -0.2) is 41.2 Å². The number of hydrogen-bond donors (Lipinski definition) is 1. The lowest BCUT2D eigenvalue weighted by molar-refractivity contribution is -0.162. The van der Waals surface area contributed by atoms with Crippen molar-refractivity contribution in [3.05, 3.63) is 42.0 Å². The molecule has 4 rings (SSSR count). The maximum atomic E-state index is 13.1. The zero-order valence-corrected chi connectivity index (χ0v) is 18.0. The van der Waals surface area contributed by atoms with E-state index in [1.807, 2.05) is 12.2 Å². The minimum absolute atomic E-state index is 0.0234. The number of ether oxygens (including phenoxy) is 1. The van der Waals surface area contributed by atoms with Crippen molar-refractivity contribution in [2.24, 2.45) is 29.6 Å². The molecule has 5 atom stereocenters. The molecule has 0 aromatic heterocycles. The molecular weight excluding hydrogens is 441 g/mol. The third-order valence-corrected chi connectivity index (χ3v) is 6.51. The van der Waals surface area contributed by atoms with Crippen molar-refractivity contribution in [1.82, 2.24) is 4.90 Å². The van der Waals surface area contributed by atoms with E-state index >= 15 is 0 Å². The lowest BCUT2D eigenvalue weighted by atomic mass is 9.85. The molecule has 3 amide bonds. The first-order valence-electron chi connectivity index (χ1n) is 10.7. The molecular formula is C23H23F3N2O5. The third kappa shape index (κ3) is 4.02. The van der Waals surface area contributed by atoms with Crippen LogP contribution in [0.2, 0.25) is 0 Å². The Morgan fingerprint density at radius 1 is 1.09 bits per heavy atom. The molecule has 1 heterocycles. The van der Waals surface area contributed by atoms with Crippen LogP contribution in [0.1, 0.15) is 25.8 Å². The van der Waals surface area contributed by atoms with E-state index in [2.05, 4.69) is 5.32 Å². The third-order valence-electron chi connectivity index (χ3n) is 6.51. The Balaban J connectivity index is 1.43. The van der Waals surface area contributed by atoms with E-state index in [4.69, 9.17) is 4.74 Å². The summed E-state index contributed by atoms with van der Waals surface area (Å²) in [5.41, 5.74) is -1.50. The van der Waals surface area contributed by atoms with Crippen molar-refractivity contribution in [3.63, 3.8) is 0 Å². The highest BCUT2D eigenvalue weighted by molar-refractivity contribution is 6.09. The van der Waals surface area contributed by atoms with Gasteiger partial charge in [-0.2, -0.15) is 13.2 Å². The van der Waals surface area contributed by atoms with E-state index in [1.54, 1.807) is 13.8 Å². The monoisotopic (exact) mass is 464 g/mol. The number of allylic oxidation sites excluding steroid dienone is 2. The van der Waals surface area contributed by atoms with Crippen molar-refractivity contribution < 1.29 is 37.1 Å². The van der Waals surface area contributed by atoms with Crippen LogP contribution in [0.25, 0.3) is 0 Å². The fourth-order valence-electron chi connectivity index (χ4n) is 5.12. The van der Waals surface area contributed by atoms with Crippen molar-refractivity contribution in [1.29, 1.82) is 0 Å². The van der Waals surface area contributed by atoms with Gasteiger partial charge in [-0.3, -0.25) is 19.3 Å². The molecule has 176 valence electrons. The van der Waals surface area contributed by atoms with E-state index in [0.29, 0.717) is 0 Å². The van der Waals surface area contributed by atoms with Crippen molar-refractivity contribution in [3.8, 4) is 0 Å². The predicted octanol–water partition coefficient (Wildman–Crippen LogP) is 3.02. The molecule has 0 spiro atoms. The van der Waals surface area contributed by atoms with Gasteiger partial charge in [0.25, 0.3) is 5.91 Å². The van der Waals surface area contributed by atoms with Gasteiger partial charge in [0.15, 0.2) is 6.61 Å². The summed E-state index contributed by atoms with van der Waals surface area (Å²) < 4.78 is 44.3.